The maximum absolute atomic E-state index is 11.8. The van der Waals surface area contributed by atoms with Crippen LogP contribution in [-0.4, -0.2) is 34.3 Å². The Balaban J connectivity index is 3.98. The topological polar surface area (TPSA) is 110 Å². The van der Waals surface area contributed by atoms with E-state index in [9.17, 15) is 14.2 Å². The predicted molar refractivity (Wildman–Crippen MR) is 95.0 cm³/mol. The molecule has 8 heteroatoms. The van der Waals surface area contributed by atoms with E-state index in [0.717, 1.165) is 19.3 Å². The van der Waals surface area contributed by atoms with Crippen LogP contribution in [0.4, 0.5) is 0 Å². The van der Waals surface area contributed by atoms with Gasteiger partial charge in [0.15, 0.2) is 0 Å². The van der Waals surface area contributed by atoms with E-state index in [1.54, 1.807) is 0 Å². The van der Waals surface area contributed by atoms with Crippen LogP contribution in [-0.2, 0) is 23.4 Å². The van der Waals surface area contributed by atoms with E-state index in [2.05, 4.69) is 11.4 Å². The summed E-state index contributed by atoms with van der Waals surface area (Å²) in [6.45, 7) is 3.17. The Bertz CT molecular complexity index is 419. The van der Waals surface area contributed by atoms with Gasteiger partial charge in [-0.05, 0) is 19.8 Å². The molecule has 2 N–H and O–H groups in total. The van der Waals surface area contributed by atoms with Crippen LogP contribution in [0.2, 0.25) is 0 Å². The quantitative estimate of drug-likeness (QED) is 0.237. The third-order valence-corrected chi connectivity index (χ3v) is 4.26. The molecule has 0 aromatic carbocycles. The van der Waals surface area contributed by atoms with Gasteiger partial charge in [-0.2, -0.15) is 0 Å². The van der Waals surface area contributed by atoms with Crippen LogP contribution in [0.3, 0.4) is 0 Å². The van der Waals surface area contributed by atoms with Crippen LogP contribution in [0, 0.1) is 0 Å². The largest absolute Gasteiger partial charge is 0.469 e. The molecule has 148 valence electrons. The Morgan fingerprint density at radius 1 is 0.960 bits per heavy atom. The first-order valence-electron chi connectivity index (χ1n) is 9.13. The fourth-order valence-electron chi connectivity index (χ4n) is 2.37. The minimum atomic E-state index is -4.63. The lowest BCUT2D eigenvalue weighted by molar-refractivity contribution is -0.151. The number of phosphoric ester groups is 1. The molecule has 0 aliphatic carbocycles. The normalized spacial score (nSPS) is 12.8. The number of hydrogen-bond acceptors (Lipinski definition) is 5. The number of unbranched alkanes of at least 4 members (excludes halogenated alkanes) is 7. The molecule has 0 saturated heterocycles. The Morgan fingerprint density at radius 3 is 2.04 bits per heavy atom. The van der Waals surface area contributed by atoms with Gasteiger partial charge in [-0.25, -0.2) is 4.57 Å². The number of rotatable bonds is 16. The third kappa shape index (κ3) is 17.9. The van der Waals surface area contributed by atoms with E-state index in [1.807, 2.05) is 0 Å². The zero-order valence-corrected chi connectivity index (χ0v) is 16.3. The van der Waals surface area contributed by atoms with Crippen molar-refractivity contribution in [2.24, 2.45) is 0 Å². The summed E-state index contributed by atoms with van der Waals surface area (Å²) in [5.74, 6) is -0.505. The molecule has 0 spiro atoms. The number of hydrogen-bond donors (Lipinski definition) is 2. The van der Waals surface area contributed by atoms with E-state index in [0.29, 0.717) is 0 Å². The minimum absolute atomic E-state index is 0.0831. The number of esters is 1. The lowest BCUT2D eigenvalue weighted by Crippen LogP contribution is -2.24. The molecule has 25 heavy (non-hydrogen) atoms. The summed E-state index contributed by atoms with van der Waals surface area (Å²) >= 11 is 0. The highest BCUT2D eigenvalue weighted by molar-refractivity contribution is 7.46. The maximum atomic E-state index is 11.8. The number of ether oxygens (including phenoxy) is 1. The highest BCUT2D eigenvalue weighted by atomic mass is 31.2. The highest BCUT2D eigenvalue weighted by Crippen LogP contribution is 2.36. The molecule has 0 bridgehead atoms. The summed E-state index contributed by atoms with van der Waals surface area (Å²) in [7, 11) is -4.63. The second-order valence-electron chi connectivity index (χ2n) is 6.36. The molecule has 0 aromatic heterocycles. The standard InChI is InChI=1S/C17H33O7P/c1-3-4-5-6-7-8-9-10-11-17(19)24-16(13-12-15(2)18)14-23-25(20,21)22/h16H,3-14H2,1-2H3,(H2,20,21,22)/t16-/m0/s1. The number of ketones is 1. The molecule has 0 aromatic rings. The summed E-state index contributed by atoms with van der Waals surface area (Å²) < 4.78 is 20.4. The predicted octanol–water partition coefficient (Wildman–Crippen LogP) is 3.91. The summed E-state index contributed by atoms with van der Waals surface area (Å²) in [4.78, 5) is 40.4. The van der Waals surface area contributed by atoms with Crippen LogP contribution >= 0.6 is 7.82 Å². The fraction of sp³-hybridized carbons (Fsp3) is 0.882. The molecule has 0 heterocycles. The highest BCUT2D eigenvalue weighted by Gasteiger charge is 2.21. The van der Waals surface area contributed by atoms with Crippen molar-refractivity contribution in [3.05, 3.63) is 0 Å². The van der Waals surface area contributed by atoms with Gasteiger partial charge in [0.2, 0.25) is 0 Å². The third-order valence-electron chi connectivity index (χ3n) is 3.78. The molecule has 7 nitrogen and oxygen atoms in total. The first-order valence-corrected chi connectivity index (χ1v) is 10.7. The van der Waals surface area contributed by atoms with Crippen molar-refractivity contribution in [1.29, 1.82) is 0 Å². The van der Waals surface area contributed by atoms with Crippen molar-refractivity contribution in [2.45, 2.75) is 90.6 Å². The molecule has 0 rings (SSSR count). The Morgan fingerprint density at radius 2 is 1.52 bits per heavy atom. The van der Waals surface area contributed by atoms with Gasteiger partial charge in [-0.3, -0.25) is 9.32 Å². The summed E-state index contributed by atoms with van der Waals surface area (Å²) in [5.41, 5.74) is 0. The van der Waals surface area contributed by atoms with Crippen LogP contribution in [0.1, 0.15) is 84.5 Å². The van der Waals surface area contributed by atoms with Crippen molar-refractivity contribution >= 4 is 19.6 Å². The molecule has 0 saturated carbocycles. The van der Waals surface area contributed by atoms with Crippen LogP contribution < -0.4 is 0 Å². The van der Waals surface area contributed by atoms with Gasteiger partial charge < -0.3 is 19.3 Å². The molecular weight excluding hydrogens is 347 g/mol. The van der Waals surface area contributed by atoms with E-state index in [-0.39, 0.29) is 25.0 Å². The first kappa shape index (κ1) is 24.2. The fourth-order valence-corrected chi connectivity index (χ4v) is 2.73. The lowest BCUT2D eigenvalue weighted by Gasteiger charge is -2.18. The maximum Gasteiger partial charge on any atom is 0.469 e. The summed E-state index contributed by atoms with van der Waals surface area (Å²) in [6.07, 6.45) is 8.73. The average Bonchev–Trinajstić information content (AvgIpc) is 2.51. The van der Waals surface area contributed by atoms with E-state index >= 15 is 0 Å². The van der Waals surface area contributed by atoms with Crippen molar-refractivity contribution in [3.8, 4) is 0 Å². The van der Waals surface area contributed by atoms with Gasteiger partial charge in [0.1, 0.15) is 11.9 Å². The van der Waals surface area contributed by atoms with Crippen molar-refractivity contribution < 1.29 is 33.2 Å². The second-order valence-corrected chi connectivity index (χ2v) is 7.60. The summed E-state index contributed by atoms with van der Waals surface area (Å²) in [5, 5.41) is 0. The Labute approximate surface area is 150 Å². The number of phosphoric acid groups is 1. The van der Waals surface area contributed by atoms with Crippen LogP contribution in [0.15, 0.2) is 0 Å². The average molecular weight is 380 g/mol. The molecule has 0 aliphatic rings. The molecule has 0 fully saturated rings. The molecule has 0 aliphatic heterocycles. The Hall–Kier alpha value is -0.750. The van der Waals surface area contributed by atoms with Crippen LogP contribution in [0.5, 0.6) is 0 Å². The van der Waals surface area contributed by atoms with Gasteiger partial charge in [0.25, 0.3) is 0 Å². The van der Waals surface area contributed by atoms with E-state index in [1.165, 1.54) is 39.0 Å². The Kier molecular flexibility index (Phi) is 14.0. The molecule has 0 unspecified atom stereocenters. The molecule has 0 radical (unpaired) electrons. The molecular formula is C17H33O7P. The van der Waals surface area contributed by atoms with Crippen molar-refractivity contribution in [2.75, 3.05) is 6.61 Å². The smallest absolute Gasteiger partial charge is 0.460 e. The van der Waals surface area contributed by atoms with Gasteiger partial charge >= 0.3 is 13.8 Å². The summed E-state index contributed by atoms with van der Waals surface area (Å²) in [6, 6.07) is 0. The van der Waals surface area contributed by atoms with Crippen molar-refractivity contribution in [3.63, 3.8) is 0 Å². The van der Waals surface area contributed by atoms with Gasteiger partial charge in [0, 0.05) is 12.8 Å². The van der Waals surface area contributed by atoms with E-state index < -0.39 is 26.5 Å². The monoisotopic (exact) mass is 380 g/mol. The van der Waals surface area contributed by atoms with Gasteiger partial charge in [-0.15, -0.1) is 0 Å². The number of carbonyl (C=O) groups excluding carboxylic acids is 2. The number of Topliss-reactive ketones (excluding diaryl/α,β-unsaturated/α-hetero) is 1. The van der Waals surface area contributed by atoms with Gasteiger partial charge in [0.05, 0.1) is 6.61 Å². The van der Waals surface area contributed by atoms with E-state index in [4.69, 9.17) is 14.5 Å². The second kappa shape index (κ2) is 14.4. The SMILES string of the molecule is CCCCCCCCCCC(=O)O[C@@H](CCC(C)=O)COP(=O)(O)O. The molecule has 1 atom stereocenters. The lowest BCUT2D eigenvalue weighted by atomic mass is 10.1. The van der Waals surface area contributed by atoms with Crippen LogP contribution in [0.25, 0.3) is 0 Å². The molecule has 0 amide bonds. The number of carbonyl (C=O) groups is 2. The zero-order valence-electron chi connectivity index (χ0n) is 15.4. The minimum Gasteiger partial charge on any atom is -0.460 e. The zero-order chi connectivity index (χ0) is 19.1. The van der Waals surface area contributed by atoms with Gasteiger partial charge in [-0.1, -0.05) is 51.9 Å². The first-order chi connectivity index (χ1) is 11.7. The van der Waals surface area contributed by atoms with Crippen molar-refractivity contribution in [1.82, 2.24) is 0 Å².